The van der Waals surface area contributed by atoms with Crippen LogP contribution in [-0.2, 0) is 6.54 Å². The minimum Gasteiger partial charge on any atom is -0.491 e. The Kier molecular flexibility index (Phi) is 12.8. The highest BCUT2D eigenvalue weighted by molar-refractivity contribution is 6.31. The van der Waals surface area contributed by atoms with Crippen molar-refractivity contribution in [1.82, 2.24) is 25.0 Å². The predicted octanol–water partition coefficient (Wildman–Crippen LogP) is 8.19. The van der Waals surface area contributed by atoms with Crippen LogP contribution in [0, 0.1) is 21.6 Å². The average molecular weight is 754 g/mol. The second-order valence-corrected chi connectivity index (χ2v) is 16.3. The zero-order valence-corrected chi connectivity index (χ0v) is 32.7. The van der Waals surface area contributed by atoms with Gasteiger partial charge < -0.3 is 25.7 Å². The fourth-order valence-electron chi connectivity index (χ4n) is 7.52. The van der Waals surface area contributed by atoms with E-state index in [1.165, 1.54) is 25.7 Å². The van der Waals surface area contributed by atoms with Gasteiger partial charge in [-0.2, -0.15) is 0 Å². The number of likely N-dealkylation sites (tertiary alicyclic amines) is 2. The van der Waals surface area contributed by atoms with Crippen molar-refractivity contribution in [2.45, 2.75) is 90.6 Å². The SMILES string of the molecule is CC(C)(C)C(=N)/C=C(/NC(=O)N[C@H]1CC[C@@H](COc2ccc(=N)n(C(=N)N3CCCCC3)c2)c2ccccc21)Nc1cc(Cl)cc(CN2CCCCC2)c1. The summed E-state index contributed by atoms with van der Waals surface area (Å²) in [5.41, 5.74) is 4.23. The Bertz CT molecular complexity index is 1900. The smallest absolute Gasteiger partial charge is 0.320 e. The number of nitrogens with zero attached hydrogens (tertiary/aromatic N) is 3. The van der Waals surface area contributed by atoms with Crippen LogP contribution in [0.15, 0.2) is 72.7 Å². The largest absolute Gasteiger partial charge is 0.491 e. The molecule has 0 spiro atoms. The van der Waals surface area contributed by atoms with Gasteiger partial charge in [0.25, 0.3) is 0 Å². The molecule has 6 rings (SSSR count). The van der Waals surface area contributed by atoms with E-state index in [2.05, 4.69) is 39.0 Å². The van der Waals surface area contributed by atoms with Crippen molar-refractivity contribution >= 4 is 35.0 Å². The number of urea groups is 1. The van der Waals surface area contributed by atoms with Gasteiger partial charge in [0.05, 0.1) is 18.8 Å². The van der Waals surface area contributed by atoms with Crippen molar-refractivity contribution in [2.75, 3.05) is 38.1 Å². The van der Waals surface area contributed by atoms with Crippen molar-refractivity contribution in [3.8, 4) is 5.75 Å². The van der Waals surface area contributed by atoms with Gasteiger partial charge in [-0.1, -0.05) is 63.1 Å². The fraction of sp³-hybridized carbons (Fsp3) is 0.476. The fourth-order valence-corrected chi connectivity index (χ4v) is 7.78. The van der Waals surface area contributed by atoms with Gasteiger partial charge in [0.15, 0.2) is 0 Å². The Labute approximate surface area is 324 Å². The summed E-state index contributed by atoms with van der Waals surface area (Å²) < 4.78 is 7.91. The summed E-state index contributed by atoms with van der Waals surface area (Å²) in [6.45, 7) is 11.0. The molecule has 3 aliphatic rings. The zero-order valence-electron chi connectivity index (χ0n) is 31.9. The van der Waals surface area contributed by atoms with E-state index in [1.807, 2.05) is 49.9 Å². The maximum absolute atomic E-state index is 13.7. The summed E-state index contributed by atoms with van der Waals surface area (Å²) in [6.07, 6.45) is 11.9. The van der Waals surface area contributed by atoms with Gasteiger partial charge >= 0.3 is 6.03 Å². The van der Waals surface area contributed by atoms with Crippen LogP contribution in [0.25, 0.3) is 0 Å². The number of rotatable bonds is 10. The molecule has 3 aromatic rings. The van der Waals surface area contributed by atoms with E-state index >= 15 is 0 Å². The molecule has 6 N–H and O–H groups in total. The number of amides is 2. The number of allylic oxidation sites excluding steroid dienone is 1. The predicted molar refractivity (Wildman–Crippen MR) is 217 cm³/mol. The maximum atomic E-state index is 13.7. The summed E-state index contributed by atoms with van der Waals surface area (Å²) in [5, 5.41) is 36.1. The first kappa shape index (κ1) is 39.1. The van der Waals surface area contributed by atoms with Crippen LogP contribution in [0.4, 0.5) is 10.5 Å². The summed E-state index contributed by atoms with van der Waals surface area (Å²) >= 11 is 6.59. The van der Waals surface area contributed by atoms with Crippen molar-refractivity contribution in [1.29, 1.82) is 16.2 Å². The molecule has 2 aromatic carbocycles. The number of ether oxygens (including phenoxy) is 1. The second-order valence-electron chi connectivity index (χ2n) is 15.9. The summed E-state index contributed by atoms with van der Waals surface area (Å²) in [6, 6.07) is 17.0. The van der Waals surface area contributed by atoms with Crippen LogP contribution in [0.5, 0.6) is 5.75 Å². The number of benzene rings is 2. The highest BCUT2D eigenvalue weighted by atomic mass is 35.5. The lowest BCUT2D eigenvalue weighted by molar-refractivity contribution is 0.221. The van der Waals surface area contributed by atoms with Crippen molar-refractivity contribution < 1.29 is 9.53 Å². The molecule has 2 amide bonds. The van der Waals surface area contributed by atoms with Crippen LogP contribution < -0.4 is 26.2 Å². The van der Waals surface area contributed by atoms with Crippen LogP contribution >= 0.6 is 11.6 Å². The number of fused-ring (bicyclic) bond motifs is 1. The van der Waals surface area contributed by atoms with Crippen LogP contribution in [0.3, 0.4) is 0 Å². The number of halogens is 1. The third-order valence-electron chi connectivity index (χ3n) is 10.6. The summed E-state index contributed by atoms with van der Waals surface area (Å²) in [5.74, 6) is 1.45. The Morgan fingerprint density at radius 3 is 2.35 bits per heavy atom. The summed E-state index contributed by atoms with van der Waals surface area (Å²) in [7, 11) is 0. The second kappa shape index (κ2) is 17.7. The molecule has 3 heterocycles. The first-order valence-corrected chi connectivity index (χ1v) is 19.8. The third-order valence-corrected chi connectivity index (χ3v) is 10.8. The van der Waals surface area contributed by atoms with E-state index in [9.17, 15) is 4.79 Å². The number of anilines is 1. The first-order valence-electron chi connectivity index (χ1n) is 19.4. The third kappa shape index (κ3) is 10.3. The number of pyridine rings is 1. The molecular weight excluding hydrogens is 698 g/mol. The quantitative estimate of drug-likeness (QED) is 0.0914. The van der Waals surface area contributed by atoms with Crippen molar-refractivity contribution in [2.24, 2.45) is 5.41 Å². The number of aromatic nitrogens is 1. The van der Waals surface area contributed by atoms with Gasteiger partial charge in [0.1, 0.15) is 17.1 Å². The van der Waals surface area contributed by atoms with E-state index in [-0.39, 0.29) is 23.5 Å². The lowest BCUT2D eigenvalue weighted by Crippen LogP contribution is -2.42. The first-order chi connectivity index (χ1) is 25.9. The monoisotopic (exact) mass is 753 g/mol. The number of hydrogen-bond donors (Lipinski definition) is 6. The van der Waals surface area contributed by atoms with Gasteiger partial charge in [-0.05, 0) is 105 Å². The molecule has 0 saturated carbocycles. The van der Waals surface area contributed by atoms with Gasteiger partial charge in [0.2, 0.25) is 5.96 Å². The zero-order chi connectivity index (χ0) is 38.2. The number of carbonyl (C=O) groups is 1. The van der Waals surface area contributed by atoms with Gasteiger partial charge in [-0.15, -0.1) is 0 Å². The van der Waals surface area contributed by atoms with Gasteiger partial charge in [-0.3, -0.25) is 25.6 Å². The minimum absolute atomic E-state index is 0.110. The standard InChI is InChI=1S/C42H56ClN9O2/c1-42(2,3)37(44)25-39(47-32-23-29(22-31(43)24-32)26-50-18-8-4-9-19-50)49-41(53)48-36-16-14-30(34-12-6-7-13-35(34)36)28-54-33-15-17-38(45)52(27-33)40(46)51-20-10-5-11-21-51/h6-7,12-13,15,17,22-25,27,30,36,44-47H,4-5,8-11,14,16,18-21,26,28H2,1-3H3,(H2,48,49,53)/b39-25+,44-37?,45-38?,46-40?/t30-,36-/m0/s1. The number of carbonyl (C=O) groups excluding carboxylic acids is 1. The molecule has 288 valence electrons. The average Bonchev–Trinajstić information content (AvgIpc) is 3.15. The molecule has 2 aliphatic heterocycles. The highest BCUT2D eigenvalue weighted by Crippen LogP contribution is 2.38. The maximum Gasteiger partial charge on any atom is 0.320 e. The van der Waals surface area contributed by atoms with Crippen molar-refractivity contribution in [3.05, 3.63) is 99.9 Å². The molecule has 12 heteroatoms. The van der Waals surface area contributed by atoms with Gasteiger partial charge in [0, 0.05) is 53.5 Å². The highest BCUT2D eigenvalue weighted by Gasteiger charge is 2.29. The van der Waals surface area contributed by atoms with E-state index in [0.29, 0.717) is 34.9 Å². The molecule has 54 heavy (non-hydrogen) atoms. The van der Waals surface area contributed by atoms with E-state index in [0.717, 1.165) is 80.8 Å². The molecule has 0 radical (unpaired) electrons. The molecular formula is C42H56ClN9O2. The Balaban J connectivity index is 1.12. The minimum atomic E-state index is -0.420. The molecule has 2 atom stereocenters. The molecule has 2 saturated heterocycles. The van der Waals surface area contributed by atoms with Gasteiger partial charge in [-0.25, -0.2) is 4.79 Å². The summed E-state index contributed by atoms with van der Waals surface area (Å²) in [4.78, 5) is 18.2. The normalized spacial score (nSPS) is 19.4. The Morgan fingerprint density at radius 1 is 0.926 bits per heavy atom. The van der Waals surface area contributed by atoms with E-state index in [4.69, 9.17) is 32.6 Å². The topological polar surface area (TPSA) is 145 Å². The van der Waals surface area contributed by atoms with E-state index < -0.39 is 5.41 Å². The van der Waals surface area contributed by atoms with Crippen LogP contribution in [0.1, 0.15) is 101 Å². The van der Waals surface area contributed by atoms with Crippen LogP contribution in [0.2, 0.25) is 5.02 Å². The molecule has 1 aliphatic carbocycles. The lowest BCUT2D eigenvalue weighted by Gasteiger charge is -2.32. The number of hydrogen-bond acceptors (Lipinski definition) is 7. The molecule has 1 aromatic heterocycles. The Morgan fingerprint density at radius 2 is 1.63 bits per heavy atom. The Hall–Kier alpha value is -4.61. The lowest BCUT2D eigenvalue weighted by atomic mass is 9.80. The van der Waals surface area contributed by atoms with Crippen molar-refractivity contribution in [3.63, 3.8) is 0 Å². The van der Waals surface area contributed by atoms with E-state index in [1.54, 1.807) is 29.0 Å². The number of nitrogens with one attached hydrogen (secondary N) is 6. The number of piperidine rings is 2. The molecule has 0 unspecified atom stereocenters. The van der Waals surface area contributed by atoms with Crippen LogP contribution in [-0.4, -0.2) is 64.9 Å². The molecule has 2 fully saturated rings. The molecule has 11 nitrogen and oxygen atoms in total. The molecule has 0 bridgehead atoms.